The van der Waals surface area contributed by atoms with Crippen LogP contribution in [0.4, 0.5) is 5.82 Å². The van der Waals surface area contributed by atoms with E-state index in [9.17, 15) is 4.79 Å². The molecule has 0 bridgehead atoms. The van der Waals surface area contributed by atoms with Gasteiger partial charge in [-0.05, 0) is 38.0 Å². The fourth-order valence-electron chi connectivity index (χ4n) is 3.01. The third kappa shape index (κ3) is 3.56. The fraction of sp³-hybridized carbons (Fsp3) is 0.421. The number of aromatic nitrogens is 2. The van der Waals surface area contributed by atoms with Gasteiger partial charge in [-0.3, -0.25) is 0 Å². The van der Waals surface area contributed by atoms with Gasteiger partial charge in [0.25, 0.3) is 0 Å². The monoisotopic (exact) mass is 357 g/mol. The van der Waals surface area contributed by atoms with Crippen molar-refractivity contribution in [1.29, 1.82) is 0 Å². The van der Waals surface area contributed by atoms with Gasteiger partial charge in [0.2, 0.25) is 0 Å². The van der Waals surface area contributed by atoms with Crippen molar-refractivity contribution in [3.63, 3.8) is 0 Å². The molecule has 1 aromatic carbocycles. The highest BCUT2D eigenvalue weighted by atomic mass is 16.5. The molecule has 1 aromatic heterocycles. The number of anilines is 1. The zero-order valence-electron chi connectivity index (χ0n) is 15.3. The molecule has 1 saturated heterocycles. The minimum Gasteiger partial charge on any atom is -0.493 e. The molecular formula is C19H23N3O4. The highest BCUT2D eigenvalue weighted by Crippen LogP contribution is 2.32. The Morgan fingerprint density at radius 2 is 1.88 bits per heavy atom. The maximum Gasteiger partial charge on any atom is 0.343 e. The average Bonchev–Trinajstić information content (AvgIpc) is 3.21. The molecule has 26 heavy (non-hydrogen) atoms. The molecule has 0 atom stereocenters. The lowest BCUT2D eigenvalue weighted by Gasteiger charge is -2.20. The van der Waals surface area contributed by atoms with Gasteiger partial charge in [-0.15, -0.1) is 0 Å². The van der Waals surface area contributed by atoms with Crippen LogP contribution in [0.1, 0.15) is 30.1 Å². The van der Waals surface area contributed by atoms with Crippen LogP contribution in [0.3, 0.4) is 0 Å². The number of carbonyl (C=O) groups is 1. The van der Waals surface area contributed by atoms with Crippen molar-refractivity contribution in [1.82, 2.24) is 9.97 Å². The topological polar surface area (TPSA) is 73.8 Å². The molecule has 1 aliphatic heterocycles. The van der Waals surface area contributed by atoms with Crippen molar-refractivity contribution in [2.45, 2.75) is 19.8 Å². The standard InChI is InChI=1S/C19H23N3O4/c1-4-26-19(23)14-12-20-17(21-18(14)22-9-5-6-10-22)13-7-8-15(24-2)16(11-13)25-3/h7-8,11-12H,4-6,9-10H2,1-3H3. The minimum absolute atomic E-state index is 0.315. The Balaban J connectivity index is 2.03. The van der Waals surface area contributed by atoms with Crippen LogP contribution in [-0.2, 0) is 4.74 Å². The molecule has 0 N–H and O–H groups in total. The minimum atomic E-state index is -0.395. The van der Waals surface area contributed by atoms with Gasteiger partial charge in [0.05, 0.1) is 20.8 Å². The van der Waals surface area contributed by atoms with Crippen LogP contribution in [0.5, 0.6) is 11.5 Å². The van der Waals surface area contributed by atoms with Gasteiger partial charge in [-0.1, -0.05) is 0 Å². The van der Waals surface area contributed by atoms with Crippen molar-refractivity contribution in [2.75, 3.05) is 38.8 Å². The molecule has 138 valence electrons. The molecule has 2 aromatic rings. The predicted molar refractivity (Wildman–Crippen MR) is 98.0 cm³/mol. The maximum atomic E-state index is 12.3. The molecular weight excluding hydrogens is 334 g/mol. The average molecular weight is 357 g/mol. The molecule has 0 aliphatic carbocycles. The zero-order chi connectivity index (χ0) is 18.5. The van der Waals surface area contributed by atoms with Gasteiger partial charge in [0.15, 0.2) is 17.3 Å². The summed E-state index contributed by atoms with van der Waals surface area (Å²) in [6.45, 7) is 3.84. The summed E-state index contributed by atoms with van der Waals surface area (Å²) in [4.78, 5) is 23.5. The summed E-state index contributed by atoms with van der Waals surface area (Å²) in [5.41, 5.74) is 1.19. The van der Waals surface area contributed by atoms with E-state index in [0.29, 0.717) is 35.3 Å². The van der Waals surface area contributed by atoms with E-state index < -0.39 is 5.97 Å². The van der Waals surface area contributed by atoms with Crippen molar-refractivity contribution in [2.24, 2.45) is 0 Å². The largest absolute Gasteiger partial charge is 0.493 e. The Kier molecular flexibility index (Phi) is 5.55. The lowest BCUT2D eigenvalue weighted by Crippen LogP contribution is -2.23. The predicted octanol–water partition coefficient (Wildman–Crippen LogP) is 2.94. The van der Waals surface area contributed by atoms with Crippen LogP contribution < -0.4 is 14.4 Å². The highest BCUT2D eigenvalue weighted by molar-refractivity contribution is 5.95. The van der Waals surface area contributed by atoms with Gasteiger partial charge < -0.3 is 19.1 Å². The van der Waals surface area contributed by atoms with Crippen LogP contribution in [0, 0.1) is 0 Å². The van der Waals surface area contributed by atoms with E-state index in [1.807, 2.05) is 18.2 Å². The van der Waals surface area contributed by atoms with Gasteiger partial charge in [-0.25, -0.2) is 14.8 Å². The van der Waals surface area contributed by atoms with Crippen molar-refractivity contribution in [3.8, 4) is 22.9 Å². The Morgan fingerprint density at radius 3 is 2.54 bits per heavy atom. The number of carbonyl (C=O) groups excluding carboxylic acids is 1. The molecule has 7 heteroatoms. The van der Waals surface area contributed by atoms with Crippen LogP contribution in [0.25, 0.3) is 11.4 Å². The molecule has 1 fully saturated rings. The first kappa shape index (κ1) is 18.0. The van der Waals surface area contributed by atoms with E-state index in [2.05, 4.69) is 14.9 Å². The number of ether oxygens (including phenoxy) is 3. The van der Waals surface area contributed by atoms with Crippen LogP contribution in [-0.4, -0.2) is 49.9 Å². The molecule has 7 nitrogen and oxygen atoms in total. The summed E-state index contributed by atoms with van der Waals surface area (Å²) >= 11 is 0. The van der Waals surface area contributed by atoms with Crippen LogP contribution in [0.15, 0.2) is 24.4 Å². The molecule has 0 amide bonds. The van der Waals surface area contributed by atoms with Crippen LogP contribution >= 0.6 is 0 Å². The second kappa shape index (κ2) is 8.03. The van der Waals surface area contributed by atoms with Crippen molar-refractivity contribution >= 4 is 11.8 Å². The summed E-state index contributed by atoms with van der Waals surface area (Å²) in [5.74, 6) is 2.00. The maximum absolute atomic E-state index is 12.3. The number of hydrogen-bond donors (Lipinski definition) is 0. The number of nitrogens with zero attached hydrogens (tertiary/aromatic N) is 3. The van der Waals surface area contributed by atoms with Gasteiger partial charge in [-0.2, -0.15) is 0 Å². The zero-order valence-corrected chi connectivity index (χ0v) is 15.3. The molecule has 1 aliphatic rings. The molecule has 2 heterocycles. The first-order valence-corrected chi connectivity index (χ1v) is 8.69. The Labute approximate surface area is 152 Å². The highest BCUT2D eigenvalue weighted by Gasteiger charge is 2.23. The fourth-order valence-corrected chi connectivity index (χ4v) is 3.01. The summed E-state index contributed by atoms with van der Waals surface area (Å²) in [5, 5.41) is 0. The van der Waals surface area contributed by atoms with Gasteiger partial charge in [0, 0.05) is 24.8 Å². The molecule has 0 spiro atoms. The first-order chi connectivity index (χ1) is 12.7. The number of hydrogen-bond acceptors (Lipinski definition) is 7. The summed E-state index contributed by atoms with van der Waals surface area (Å²) in [6, 6.07) is 5.51. The van der Waals surface area contributed by atoms with Crippen molar-refractivity contribution < 1.29 is 19.0 Å². The lowest BCUT2D eigenvalue weighted by atomic mass is 10.1. The number of benzene rings is 1. The second-order valence-electron chi connectivity index (χ2n) is 5.92. The third-order valence-corrected chi connectivity index (χ3v) is 4.31. The molecule has 3 rings (SSSR count). The molecule has 0 radical (unpaired) electrons. The number of rotatable bonds is 6. The van der Waals surface area contributed by atoms with Crippen LogP contribution in [0.2, 0.25) is 0 Å². The lowest BCUT2D eigenvalue weighted by molar-refractivity contribution is 0.0526. The Morgan fingerprint density at radius 1 is 1.15 bits per heavy atom. The van der Waals surface area contributed by atoms with E-state index in [-0.39, 0.29) is 0 Å². The van der Waals surface area contributed by atoms with Crippen molar-refractivity contribution in [3.05, 3.63) is 30.0 Å². The number of methoxy groups -OCH3 is 2. The summed E-state index contributed by atoms with van der Waals surface area (Å²) in [6.07, 6.45) is 3.71. The Bertz CT molecular complexity index is 788. The van der Waals surface area contributed by atoms with E-state index in [4.69, 9.17) is 14.2 Å². The van der Waals surface area contributed by atoms with E-state index in [0.717, 1.165) is 31.5 Å². The quantitative estimate of drug-likeness (QED) is 0.736. The van der Waals surface area contributed by atoms with E-state index in [1.165, 1.54) is 0 Å². The molecule has 0 saturated carbocycles. The SMILES string of the molecule is CCOC(=O)c1cnc(-c2ccc(OC)c(OC)c2)nc1N1CCCC1. The van der Waals surface area contributed by atoms with E-state index in [1.54, 1.807) is 27.3 Å². The van der Waals surface area contributed by atoms with E-state index >= 15 is 0 Å². The normalized spacial score (nSPS) is 13.6. The van der Waals surface area contributed by atoms with Gasteiger partial charge in [0.1, 0.15) is 11.4 Å². The Hall–Kier alpha value is -2.83. The second-order valence-corrected chi connectivity index (χ2v) is 5.92. The first-order valence-electron chi connectivity index (χ1n) is 8.69. The third-order valence-electron chi connectivity index (χ3n) is 4.31. The number of esters is 1. The molecule has 0 unspecified atom stereocenters. The summed E-state index contributed by atoms with van der Waals surface area (Å²) < 4.78 is 15.8. The smallest absolute Gasteiger partial charge is 0.343 e. The van der Waals surface area contributed by atoms with Gasteiger partial charge >= 0.3 is 5.97 Å². The summed E-state index contributed by atoms with van der Waals surface area (Å²) in [7, 11) is 3.18.